The molecule has 0 fully saturated rings. The molecule has 1 heterocycles. The van der Waals surface area contributed by atoms with Crippen LogP contribution in [0, 0.1) is 5.82 Å². The van der Waals surface area contributed by atoms with Crippen molar-refractivity contribution in [1.29, 1.82) is 0 Å². The Balaban J connectivity index is 1.49. The van der Waals surface area contributed by atoms with Gasteiger partial charge in [-0.1, -0.05) is 66.0 Å². The molecule has 0 radical (unpaired) electrons. The smallest absolute Gasteiger partial charge is 0.320 e. The largest absolute Gasteiger partial charge is 0.322 e. The number of hydrogen-bond donors (Lipinski definition) is 1. The molecule has 34 heavy (non-hydrogen) atoms. The normalized spacial score (nSPS) is 15.6. The first-order valence-electron chi connectivity index (χ1n) is 11.4. The summed E-state index contributed by atoms with van der Waals surface area (Å²) in [4.78, 5) is 14.8. The van der Waals surface area contributed by atoms with Crippen molar-refractivity contribution in [3.8, 4) is 0 Å². The fourth-order valence-electron chi connectivity index (χ4n) is 4.49. The van der Waals surface area contributed by atoms with Gasteiger partial charge in [-0.3, -0.25) is 0 Å². The summed E-state index contributed by atoms with van der Waals surface area (Å²) in [6.45, 7) is 3.17. The molecule has 0 saturated heterocycles. The molecule has 0 spiro atoms. The molecule has 7 heteroatoms. The molecule has 0 saturated carbocycles. The number of urea groups is 1. The average Bonchev–Trinajstić information content (AvgIpc) is 3.00. The van der Waals surface area contributed by atoms with E-state index in [0.29, 0.717) is 28.8 Å². The Bertz CT molecular complexity index is 1180. The lowest BCUT2D eigenvalue weighted by molar-refractivity contribution is 0.209. The summed E-state index contributed by atoms with van der Waals surface area (Å²) in [7, 11) is 0. The zero-order valence-corrected chi connectivity index (χ0v) is 21.2. The fourth-order valence-corrected chi connectivity index (χ4v) is 5.40. The van der Waals surface area contributed by atoms with Crippen LogP contribution in [0.4, 0.5) is 14.9 Å². The van der Waals surface area contributed by atoms with Gasteiger partial charge in [0.2, 0.25) is 0 Å². The van der Waals surface area contributed by atoms with Crippen molar-refractivity contribution in [2.24, 2.45) is 0 Å². The van der Waals surface area contributed by atoms with E-state index < -0.39 is 5.82 Å². The van der Waals surface area contributed by atoms with Gasteiger partial charge in [0.05, 0.1) is 5.02 Å². The zero-order valence-electron chi connectivity index (χ0n) is 18.9. The van der Waals surface area contributed by atoms with Gasteiger partial charge in [-0.15, -0.1) is 0 Å². The van der Waals surface area contributed by atoms with Crippen LogP contribution in [0.25, 0.3) is 0 Å². The van der Waals surface area contributed by atoms with Gasteiger partial charge in [0.1, 0.15) is 5.82 Å². The molecular formula is C27H26Cl3FN2O. The van der Waals surface area contributed by atoms with Gasteiger partial charge in [-0.2, -0.15) is 0 Å². The minimum atomic E-state index is -0.518. The molecule has 3 nitrogen and oxygen atoms in total. The third-order valence-corrected chi connectivity index (χ3v) is 7.38. The van der Waals surface area contributed by atoms with E-state index >= 15 is 0 Å². The van der Waals surface area contributed by atoms with Crippen molar-refractivity contribution in [2.45, 2.75) is 45.1 Å². The van der Waals surface area contributed by atoms with E-state index in [4.69, 9.17) is 34.8 Å². The molecule has 1 unspecified atom stereocenters. The highest BCUT2D eigenvalue weighted by molar-refractivity contribution is 6.36. The molecule has 1 atom stereocenters. The summed E-state index contributed by atoms with van der Waals surface area (Å²) in [5.74, 6) is -0.247. The van der Waals surface area contributed by atoms with Gasteiger partial charge in [0, 0.05) is 28.8 Å². The Morgan fingerprint density at radius 2 is 1.79 bits per heavy atom. The lowest BCUT2D eigenvalue weighted by Gasteiger charge is -2.22. The van der Waals surface area contributed by atoms with E-state index in [0.717, 1.165) is 42.4 Å². The maximum absolute atomic E-state index is 13.5. The standard InChI is InChI=1S/C27H26Cl3FN2O/c1-2-17-13-23(28)22(24(29)14-17)9-7-18-11-12-33(16-19-5-3-4-6-21(18)19)27(34)32-20-8-10-26(31)25(30)15-20/h3-6,8,10,13-15,18H,2,7,9,11-12,16H2,1H3,(H,32,34). The lowest BCUT2D eigenvalue weighted by atomic mass is 9.87. The number of aryl methyl sites for hydroxylation is 1. The molecule has 0 bridgehead atoms. The molecule has 1 N–H and O–H groups in total. The topological polar surface area (TPSA) is 32.3 Å². The molecule has 178 valence electrons. The number of carbonyl (C=O) groups is 1. The van der Waals surface area contributed by atoms with Crippen LogP contribution >= 0.6 is 34.8 Å². The second kappa shape index (κ2) is 11.0. The molecule has 1 aliphatic rings. The summed E-state index contributed by atoms with van der Waals surface area (Å²) in [6, 6.07) is 16.2. The first kappa shape index (κ1) is 24.8. The van der Waals surface area contributed by atoms with E-state index in [2.05, 4.69) is 24.4 Å². The highest BCUT2D eigenvalue weighted by atomic mass is 35.5. The van der Waals surface area contributed by atoms with Crippen LogP contribution in [0.1, 0.15) is 47.9 Å². The van der Waals surface area contributed by atoms with E-state index in [1.807, 2.05) is 24.3 Å². The van der Waals surface area contributed by atoms with Crippen LogP contribution in [-0.4, -0.2) is 17.5 Å². The summed E-state index contributed by atoms with van der Waals surface area (Å²) in [5.41, 5.74) is 4.94. The summed E-state index contributed by atoms with van der Waals surface area (Å²) in [6.07, 6.45) is 3.35. The third kappa shape index (κ3) is 5.68. The van der Waals surface area contributed by atoms with Crippen LogP contribution in [0.3, 0.4) is 0 Å². The average molecular weight is 520 g/mol. The number of benzene rings is 3. The summed E-state index contributed by atoms with van der Waals surface area (Å²) in [5, 5.41) is 4.24. The molecule has 3 aromatic rings. The van der Waals surface area contributed by atoms with Crippen molar-refractivity contribution >= 4 is 46.5 Å². The highest BCUT2D eigenvalue weighted by Crippen LogP contribution is 2.35. The summed E-state index contributed by atoms with van der Waals surface area (Å²) >= 11 is 19.0. The van der Waals surface area contributed by atoms with Crippen LogP contribution in [0.15, 0.2) is 54.6 Å². The molecule has 3 aromatic carbocycles. The Morgan fingerprint density at radius 3 is 2.50 bits per heavy atom. The molecule has 1 aliphatic heterocycles. The minimum absolute atomic E-state index is 0.0247. The van der Waals surface area contributed by atoms with Crippen molar-refractivity contribution in [3.05, 3.63) is 97.7 Å². The number of hydrogen-bond acceptors (Lipinski definition) is 1. The van der Waals surface area contributed by atoms with E-state index in [1.54, 1.807) is 4.90 Å². The second-order valence-corrected chi connectivity index (χ2v) is 9.82. The SMILES string of the molecule is CCc1cc(Cl)c(CCC2CCN(C(=O)Nc3ccc(F)c(Cl)c3)Cc3ccccc32)c(Cl)c1. The van der Waals surface area contributed by atoms with Crippen molar-refractivity contribution in [1.82, 2.24) is 4.90 Å². The monoisotopic (exact) mass is 518 g/mol. The maximum atomic E-state index is 13.5. The number of nitrogens with zero attached hydrogens (tertiary/aromatic N) is 1. The highest BCUT2D eigenvalue weighted by Gasteiger charge is 2.25. The summed E-state index contributed by atoms with van der Waals surface area (Å²) < 4.78 is 13.5. The first-order valence-corrected chi connectivity index (χ1v) is 12.5. The Kier molecular flexibility index (Phi) is 8.02. The number of carbonyl (C=O) groups excluding carboxylic acids is 1. The van der Waals surface area contributed by atoms with Gasteiger partial charge >= 0.3 is 6.03 Å². The molecule has 0 aromatic heterocycles. The number of rotatable bonds is 5. The van der Waals surface area contributed by atoms with Gasteiger partial charge in [0.25, 0.3) is 0 Å². The number of nitrogens with one attached hydrogen (secondary N) is 1. The van der Waals surface area contributed by atoms with Crippen LogP contribution in [0.5, 0.6) is 0 Å². The molecule has 0 aliphatic carbocycles. The molecular weight excluding hydrogens is 494 g/mol. The van der Waals surface area contributed by atoms with E-state index in [9.17, 15) is 9.18 Å². The van der Waals surface area contributed by atoms with Gasteiger partial charge in [-0.05, 0) is 84.2 Å². The predicted octanol–water partition coefficient (Wildman–Crippen LogP) is 8.50. The second-order valence-electron chi connectivity index (χ2n) is 8.60. The number of anilines is 1. The fraction of sp³-hybridized carbons (Fsp3) is 0.296. The number of halogens is 4. The zero-order chi connectivity index (χ0) is 24.2. The third-order valence-electron chi connectivity index (χ3n) is 6.41. The number of amides is 2. The van der Waals surface area contributed by atoms with Crippen molar-refractivity contribution in [3.63, 3.8) is 0 Å². The first-order chi connectivity index (χ1) is 16.4. The molecule has 2 amide bonds. The maximum Gasteiger partial charge on any atom is 0.322 e. The lowest BCUT2D eigenvalue weighted by Crippen LogP contribution is -2.34. The number of fused-ring (bicyclic) bond motifs is 1. The molecule has 4 rings (SSSR count). The van der Waals surface area contributed by atoms with Crippen LogP contribution < -0.4 is 5.32 Å². The van der Waals surface area contributed by atoms with Gasteiger partial charge in [0.15, 0.2) is 0 Å². The van der Waals surface area contributed by atoms with Crippen molar-refractivity contribution < 1.29 is 9.18 Å². The Morgan fingerprint density at radius 1 is 1.06 bits per heavy atom. The quantitative estimate of drug-likeness (QED) is 0.360. The van der Waals surface area contributed by atoms with Crippen LogP contribution in [0.2, 0.25) is 15.1 Å². The van der Waals surface area contributed by atoms with Gasteiger partial charge < -0.3 is 10.2 Å². The predicted molar refractivity (Wildman–Crippen MR) is 139 cm³/mol. The van der Waals surface area contributed by atoms with Crippen LogP contribution in [-0.2, 0) is 19.4 Å². The van der Waals surface area contributed by atoms with E-state index in [-0.39, 0.29) is 17.0 Å². The minimum Gasteiger partial charge on any atom is -0.320 e. The van der Waals surface area contributed by atoms with E-state index in [1.165, 1.54) is 23.8 Å². The van der Waals surface area contributed by atoms with Gasteiger partial charge in [-0.25, -0.2) is 9.18 Å². The Hall–Kier alpha value is -2.27. The van der Waals surface area contributed by atoms with Crippen molar-refractivity contribution in [2.75, 3.05) is 11.9 Å². The Labute approximate surface area is 214 Å².